The predicted octanol–water partition coefficient (Wildman–Crippen LogP) is 4.48. The Labute approximate surface area is 122 Å². The van der Waals surface area contributed by atoms with Crippen molar-refractivity contribution in [2.75, 3.05) is 0 Å². The van der Waals surface area contributed by atoms with Crippen molar-refractivity contribution in [3.8, 4) is 5.75 Å². The van der Waals surface area contributed by atoms with Gasteiger partial charge in [-0.2, -0.15) is 0 Å². The molecule has 0 aliphatic rings. The third-order valence-electron chi connectivity index (χ3n) is 3.79. The van der Waals surface area contributed by atoms with E-state index in [1.807, 2.05) is 25.1 Å². The van der Waals surface area contributed by atoms with Crippen LogP contribution in [-0.2, 0) is 4.79 Å². The van der Waals surface area contributed by atoms with Gasteiger partial charge in [-0.25, -0.2) is 4.79 Å². The van der Waals surface area contributed by atoms with Crippen LogP contribution in [-0.4, -0.2) is 19.4 Å². The van der Waals surface area contributed by atoms with Crippen molar-refractivity contribution in [2.45, 2.75) is 45.8 Å². The topological polar surface area (TPSA) is 46.5 Å². The minimum Gasteiger partial charge on any atom is -0.543 e. The third kappa shape index (κ3) is 4.23. The molecule has 0 bridgehead atoms. The molecule has 0 aliphatic heterocycles. The second kappa shape index (κ2) is 5.83. The van der Waals surface area contributed by atoms with E-state index in [9.17, 15) is 4.79 Å². The van der Waals surface area contributed by atoms with Crippen molar-refractivity contribution in [1.29, 1.82) is 0 Å². The number of aryl methyl sites for hydroxylation is 1. The Morgan fingerprint density at radius 1 is 1.30 bits per heavy atom. The number of carbonyl (C=O) groups is 1. The first-order chi connectivity index (χ1) is 9.03. The first kappa shape index (κ1) is 16.5. The molecule has 1 N–H and O–H groups in total. The fraction of sp³-hybridized carbons (Fsp3) is 0.438. The van der Waals surface area contributed by atoms with Crippen molar-refractivity contribution in [2.24, 2.45) is 0 Å². The minimum absolute atomic E-state index is 0.154. The Hall–Kier alpha value is -1.55. The third-order valence-corrected chi connectivity index (χ3v) is 8.13. The molecule has 0 heterocycles. The fourth-order valence-corrected chi connectivity index (χ4v) is 2.57. The lowest BCUT2D eigenvalue weighted by Crippen LogP contribution is -2.44. The van der Waals surface area contributed by atoms with Crippen LogP contribution in [0.3, 0.4) is 0 Å². The highest BCUT2D eigenvalue weighted by Crippen LogP contribution is 2.38. The van der Waals surface area contributed by atoms with E-state index < -0.39 is 14.3 Å². The summed E-state index contributed by atoms with van der Waals surface area (Å²) >= 11 is 0. The summed E-state index contributed by atoms with van der Waals surface area (Å²) in [5, 5.41) is 8.79. The zero-order valence-corrected chi connectivity index (χ0v) is 14.2. The average molecular weight is 292 g/mol. The molecule has 1 aromatic carbocycles. The number of carboxylic acids is 1. The first-order valence-corrected chi connectivity index (χ1v) is 9.64. The van der Waals surface area contributed by atoms with E-state index >= 15 is 0 Å². The SMILES string of the molecule is Cc1cc(/C=C/C(=O)O)ccc1O[Si](C)(C)C(C)(C)C. The van der Waals surface area contributed by atoms with Crippen molar-refractivity contribution in [1.82, 2.24) is 0 Å². The van der Waals surface area contributed by atoms with Gasteiger partial charge >= 0.3 is 5.97 Å². The van der Waals surface area contributed by atoms with Crippen molar-refractivity contribution >= 4 is 20.4 Å². The van der Waals surface area contributed by atoms with Gasteiger partial charge < -0.3 is 9.53 Å². The van der Waals surface area contributed by atoms with Crippen LogP contribution >= 0.6 is 0 Å². The summed E-state index contributed by atoms with van der Waals surface area (Å²) in [5.41, 5.74) is 1.90. The molecule has 0 saturated carbocycles. The van der Waals surface area contributed by atoms with E-state index in [4.69, 9.17) is 9.53 Å². The van der Waals surface area contributed by atoms with Gasteiger partial charge in [-0.3, -0.25) is 0 Å². The zero-order chi connectivity index (χ0) is 15.6. The van der Waals surface area contributed by atoms with Gasteiger partial charge in [0.05, 0.1) is 0 Å². The molecular weight excluding hydrogens is 268 g/mol. The van der Waals surface area contributed by atoms with E-state index in [0.29, 0.717) is 0 Å². The van der Waals surface area contributed by atoms with Crippen LogP contribution in [0.5, 0.6) is 5.75 Å². The molecular formula is C16H24O3Si. The zero-order valence-electron chi connectivity index (χ0n) is 13.2. The Morgan fingerprint density at radius 2 is 1.90 bits per heavy atom. The van der Waals surface area contributed by atoms with Gasteiger partial charge in [0.15, 0.2) is 0 Å². The second-order valence-corrected chi connectivity index (χ2v) is 11.3. The van der Waals surface area contributed by atoms with E-state index in [1.165, 1.54) is 0 Å². The number of benzene rings is 1. The van der Waals surface area contributed by atoms with E-state index in [1.54, 1.807) is 6.08 Å². The summed E-state index contributed by atoms with van der Waals surface area (Å²) in [6.07, 6.45) is 2.73. The molecule has 0 aliphatic carbocycles. The van der Waals surface area contributed by atoms with Crippen LogP contribution in [0.4, 0.5) is 0 Å². The molecule has 0 unspecified atom stereocenters. The molecule has 110 valence electrons. The first-order valence-electron chi connectivity index (χ1n) is 6.73. The second-order valence-electron chi connectivity index (χ2n) is 6.56. The molecule has 4 heteroatoms. The molecule has 0 saturated heterocycles. The fourth-order valence-electron chi connectivity index (χ4n) is 1.49. The Kier molecular flexibility index (Phi) is 4.81. The van der Waals surface area contributed by atoms with Gasteiger partial charge in [0.2, 0.25) is 8.32 Å². The summed E-state index contributed by atoms with van der Waals surface area (Å²) in [7, 11) is -1.84. The Balaban J connectivity index is 2.97. The molecule has 1 rings (SSSR count). The Bertz CT molecular complexity index is 525. The van der Waals surface area contributed by atoms with E-state index in [2.05, 4.69) is 33.9 Å². The number of carboxylic acid groups (broad SMARTS) is 1. The van der Waals surface area contributed by atoms with Crippen molar-refractivity contribution in [3.63, 3.8) is 0 Å². The molecule has 0 aromatic heterocycles. The van der Waals surface area contributed by atoms with Gasteiger partial charge in [0, 0.05) is 6.08 Å². The average Bonchev–Trinajstić information content (AvgIpc) is 2.28. The lowest BCUT2D eigenvalue weighted by atomic mass is 10.1. The number of hydrogen-bond donors (Lipinski definition) is 1. The number of rotatable bonds is 4. The maximum Gasteiger partial charge on any atom is 0.328 e. The monoisotopic (exact) mass is 292 g/mol. The molecule has 3 nitrogen and oxygen atoms in total. The Morgan fingerprint density at radius 3 is 2.35 bits per heavy atom. The van der Waals surface area contributed by atoms with Crippen LogP contribution < -0.4 is 4.43 Å². The summed E-state index contributed by atoms with van der Waals surface area (Å²) < 4.78 is 6.28. The lowest BCUT2D eigenvalue weighted by Gasteiger charge is -2.37. The van der Waals surface area contributed by atoms with Gasteiger partial charge in [-0.05, 0) is 54.4 Å². The maximum absolute atomic E-state index is 10.5. The number of hydrogen-bond acceptors (Lipinski definition) is 2. The summed E-state index contributed by atoms with van der Waals surface area (Å²) in [4.78, 5) is 10.5. The van der Waals surface area contributed by atoms with Gasteiger partial charge in [0.1, 0.15) is 5.75 Å². The molecule has 0 fully saturated rings. The molecule has 1 aromatic rings. The largest absolute Gasteiger partial charge is 0.543 e. The molecule has 0 spiro atoms. The molecule has 0 atom stereocenters. The maximum atomic E-state index is 10.5. The van der Waals surface area contributed by atoms with Crippen molar-refractivity contribution in [3.05, 3.63) is 35.4 Å². The van der Waals surface area contributed by atoms with Crippen LogP contribution in [0.25, 0.3) is 6.08 Å². The van der Waals surface area contributed by atoms with Crippen LogP contribution in [0.2, 0.25) is 18.1 Å². The standard InChI is InChI=1S/C16H24O3Si/c1-12-11-13(8-10-15(17)18)7-9-14(12)19-20(5,6)16(2,3)4/h7-11H,1-6H3,(H,17,18)/b10-8+. The minimum atomic E-state index is -1.84. The highest BCUT2D eigenvalue weighted by atomic mass is 28.4. The van der Waals surface area contributed by atoms with E-state index in [-0.39, 0.29) is 5.04 Å². The van der Waals surface area contributed by atoms with Crippen molar-refractivity contribution < 1.29 is 14.3 Å². The van der Waals surface area contributed by atoms with Crippen LogP contribution in [0.1, 0.15) is 31.9 Å². The highest BCUT2D eigenvalue weighted by Gasteiger charge is 2.39. The molecule has 0 amide bonds. The summed E-state index contributed by atoms with van der Waals surface area (Å²) in [6, 6.07) is 5.76. The van der Waals surface area contributed by atoms with Crippen LogP contribution in [0.15, 0.2) is 24.3 Å². The molecule has 0 radical (unpaired) electrons. The number of aliphatic carboxylic acids is 1. The van der Waals surface area contributed by atoms with Gasteiger partial charge in [-0.1, -0.05) is 26.8 Å². The normalized spacial score (nSPS) is 12.7. The lowest BCUT2D eigenvalue weighted by molar-refractivity contribution is -0.131. The quantitative estimate of drug-likeness (QED) is 0.657. The molecule has 20 heavy (non-hydrogen) atoms. The smallest absolute Gasteiger partial charge is 0.328 e. The highest BCUT2D eigenvalue weighted by molar-refractivity contribution is 6.74. The van der Waals surface area contributed by atoms with E-state index in [0.717, 1.165) is 23.0 Å². The van der Waals surface area contributed by atoms with Gasteiger partial charge in [0.25, 0.3) is 0 Å². The predicted molar refractivity (Wildman–Crippen MR) is 85.7 cm³/mol. The summed E-state index contributed by atoms with van der Waals surface area (Å²) in [6.45, 7) is 13.0. The summed E-state index contributed by atoms with van der Waals surface area (Å²) in [5.74, 6) is -0.0479. The van der Waals surface area contributed by atoms with Crippen LogP contribution in [0, 0.1) is 6.92 Å². The van der Waals surface area contributed by atoms with Gasteiger partial charge in [-0.15, -0.1) is 0 Å².